The second-order valence-corrected chi connectivity index (χ2v) is 4.38. The van der Waals surface area contributed by atoms with Crippen molar-refractivity contribution in [2.75, 3.05) is 6.61 Å². The first-order valence-electron chi connectivity index (χ1n) is 5.03. The standard InChI is InChI=1S/C10H19N3O/c1-5-6-14-8-9-7-13(12-11-9)10(2,3)4/h7H,5-6,8H2,1-4H3. The molecule has 80 valence electrons. The molecule has 0 aromatic carbocycles. The first kappa shape index (κ1) is 11.2. The van der Waals surface area contributed by atoms with Crippen molar-refractivity contribution in [3.05, 3.63) is 11.9 Å². The monoisotopic (exact) mass is 197 g/mol. The summed E-state index contributed by atoms with van der Waals surface area (Å²) in [4.78, 5) is 0. The Bertz CT molecular complexity index is 275. The Morgan fingerprint density at radius 2 is 2.14 bits per heavy atom. The highest BCUT2D eigenvalue weighted by Crippen LogP contribution is 2.11. The highest BCUT2D eigenvalue weighted by molar-refractivity contribution is 4.92. The molecule has 0 saturated carbocycles. The topological polar surface area (TPSA) is 39.9 Å². The summed E-state index contributed by atoms with van der Waals surface area (Å²) in [7, 11) is 0. The second kappa shape index (κ2) is 4.55. The van der Waals surface area contributed by atoms with Crippen molar-refractivity contribution in [2.45, 2.75) is 46.3 Å². The quantitative estimate of drug-likeness (QED) is 0.693. The maximum atomic E-state index is 5.38. The predicted octanol–water partition coefficient (Wildman–Crippen LogP) is 1.96. The van der Waals surface area contributed by atoms with Gasteiger partial charge in [0.05, 0.1) is 18.3 Å². The molecular formula is C10H19N3O. The van der Waals surface area contributed by atoms with Crippen molar-refractivity contribution in [2.24, 2.45) is 0 Å². The van der Waals surface area contributed by atoms with Gasteiger partial charge in [0.2, 0.25) is 0 Å². The van der Waals surface area contributed by atoms with Crippen LogP contribution in [0, 0.1) is 0 Å². The van der Waals surface area contributed by atoms with E-state index in [1.807, 2.05) is 10.9 Å². The normalized spacial score (nSPS) is 12.0. The molecule has 0 N–H and O–H groups in total. The van der Waals surface area contributed by atoms with Gasteiger partial charge in [-0.1, -0.05) is 12.1 Å². The summed E-state index contributed by atoms with van der Waals surface area (Å²) < 4.78 is 7.24. The molecule has 4 nitrogen and oxygen atoms in total. The first-order valence-corrected chi connectivity index (χ1v) is 5.03. The zero-order valence-corrected chi connectivity index (χ0v) is 9.45. The van der Waals surface area contributed by atoms with E-state index in [9.17, 15) is 0 Å². The number of ether oxygens (including phenoxy) is 1. The lowest BCUT2D eigenvalue weighted by molar-refractivity contribution is 0.119. The van der Waals surface area contributed by atoms with Gasteiger partial charge in [0.25, 0.3) is 0 Å². The van der Waals surface area contributed by atoms with Gasteiger partial charge in [-0.25, -0.2) is 4.68 Å². The molecule has 14 heavy (non-hydrogen) atoms. The molecule has 0 unspecified atom stereocenters. The number of hydrogen-bond acceptors (Lipinski definition) is 3. The summed E-state index contributed by atoms with van der Waals surface area (Å²) in [6.07, 6.45) is 2.98. The molecule has 0 spiro atoms. The van der Waals surface area contributed by atoms with Gasteiger partial charge in [-0.3, -0.25) is 0 Å². The summed E-state index contributed by atoms with van der Waals surface area (Å²) in [5.74, 6) is 0. The summed E-state index contributed by atoms with van der Waals surface area (Å²) in [6, 6.07) is 0. The smallest absolute Gasteiger partial charge is 0.108 e. The third-order valence-electron chi connectivity index (χ3n) is 1.83. The molecule has 0 aliphatic rings. The van der Waals surface area contributed by atoms with Gasteiger partial charge in [-0.05, 0) is 27.2 Å². The van der Waals surface area contributed by atoms with Gasteiger partial charge in [0.15, 0.2) is 0 Å². The molecule has 0 aliphatic carbocycles. The van der Waals surface area contributed by atoms with Crippen molar-refractivity contribution in [1.29, 1.82) is 0 Å². The highest BCUT2D eigenvalue weighted by atomic mass is 16.5. The van der Waals surface area contributed by atoms with Crippen molar-refractivity contribution < 1.29 is 4.74 Å². The summed E-state index contributed by atoms with van der Waals surface area (Å²) in [6.45, 7) is 9.72. The Kier molecular flexibility index (Phi) is 3.63. The van der Waals surface area contributed by atoms with E-state index in [1.54, 1.807) is 0 Å². The highest BCUT2D eigenvalue weighted by Gasteiger charge is 2.14. The van der Waals surface area contributed by atoms with Crippen molar-refractivity contribution in [1.82, 2.24) is 15.0 Å². The fraction of sp³-hybridized carbons (Fsp3) is 0.800. The molecule has 1 aromatic heterocycles. The van der Waals surface area contributed by atoms with Crippen LogP contribution in [0.1, 0.15) is 39.8 Å². The van der Waals surface area contributed by atoms with Crippen LogP contribution in [0.2, 0.25) is 0 Å². The lowest BCUT2D eigenvalue weighted by Crippen LogP contribution is -2.22. The zero-order chi connectivity index (χ0) is 10.6. The minimum atomic E-state index is -0.00396. The van der Waals surface area contributed by atoms with E-state index in [0.29, 0.717) is 6.61 Å². The van der Waals surface area contributed by atoms with E-state index in [-0.39, 0.29) is 5.54 Å². The fourth-order valence-corrected chi connectivity index (χ4v) is 1.01. The average Bonchev–Trinajstić information content (AvgIpc) is 2.52. The summed E-state index contributed by atoms with van der Waals surface area (Å²) in [5.41, 5.74) is 0.893. The van der Waals surface area contributed by atoms with Crippen molar-refractivity contribution in [3.8, 4) is 0 Å². The lowest BCUT2D eigenvalue weighted by Gasteiger charge is -2.17. The molecule has 0 radical (unpaired) electrons. The van der Waals surface area contributed by atoms with Crippen LogP contribution in [-0.2, 0) is 16.9 Å². The molecule has 0 amide bonds. The average molecular weight is 197 g/mol. The van der Waals surface area contributed by atoms with E-state index in [4.69, 9.17) is 4.74 Å². The van der Waals surface area contributed by atoms with E-state index in [1.165, 1.54) is 0 Å². The molecule has 1 rings (SSSR count). The van der Waals surface area contributed by atoms with Crippen LogP contribution in [0.15, 0.2) is 6.20 Å². The van der Waals surface area contributed by atoms with Crippen molar-refractivity contribution >= 4 is 0 Å². The fourth-order valence-electron chi connectivity index (χ4n) is 1.01. The third-order valence-corrected chi connectivity index (χ3v) is 1.83. The Morgan fingerprint density at radius 3 is 2.64 bits per heavy atom. The Labute approximate surface area is 85.3 Å². The second-order valence-electron chi connectivity index (χ2n) is 4.38. The maximum absolute atomic E-state index is 5.38. The van der Waals surface area contributed by atoms with Crippen LogP contribution in [-0.4, -0.2) is 21.6 Å². The van der Waals surface area contributed by atoms with E-state index < -0.39 is 0 Å². The van der Waals surface area contributed by atoms with Crippen molar-refractivity contribution in [3.63, 3.8) is 0 Å². The lowest BCUT2D eigenvalue weighted by atomic mass is 10.1. The molecular weight excluding hydrogens is 178 g/mol. The number of nitrogens with zero attached hydrogens (tertiary/aromatic N) is 3. The Balaban J connectivity index is 2.51. The molecule has 4 heteroatoms. The van der Waals surface area contributed by atoms with Gasteiger partial charge >= 0.3 is 0 Å². The largest absolute Gasteiger partial charge is 0.375 e. The van der Waals surface area contributed by atoms with Gasteiger partial charge in [-0.15, -0.1) is 5.10 Å². The number of hydrogen-bond donors (Lipinski definition) is 0. The van der Waals surface area contributed by atoms with Crippen LogP contribution < -0.4 is 0 Å². The Hall–Kier alpha value is -0.900. The summed E-state index contributed by atoms with van der Waals surface area (Å²) in [5, 5.41) is 8.10. The van der Waals surface area contributed by atoms with Crippen LogP contribution >= 0.6 is 0 Å². The first-order chi connectivity index (χ1) is 6.54. The van der Waals surface area contributed by atoms with E-state index in [2.05, 4.69) is 38.0 Å². The zero-order valence-electron chi connectivity index (χ0n) is 9.45. The van der Waals surface area contributed by atoms with Crippen LogP contribution in [0.25, 0.3) is 0 Å². The van der Waals surface area contributed by atoms with Gasteiger partial charge in [0.1, 0.15) is 5.69 Å². The number of rotatable bonds is 4. The molecule has 0 atom stereocenters. The predicted molar refractivity (Wildman–Crippen MR) is 55.0 cm³/mol. The van der Waals surface area contributed by atoms with E-state index >= 15 is 0 Å². The molecule has 0 fully saturated rings. The molecule has 0 aliphatic heterocycles. The minimum absolute atomic E-state index is 0.00396. The minimum Gasteiger partial charge on any atom is -0.375 e. The molecule has 0 saturated heterocycles. The maximum Gasteiger partial charge on any atom is 0.108 e. The third kappa shape index (κ3) is 3.10. The summed E-state index contributed by atoms with van der Waals surface area (Å²) >= 11 is 0. The SMILES string of the molecule is CCCOCc1cn(C(C)(C)C)nn1. The molecule has 1 heterocycles. The van der Waals surface area contributed by atoms with E-state index in [0.717, 1.165) is 18.7 Å². The number of aromatic nitrogens is 3. The van der Waals surface area contributed by atoms with Gasteiger partial charge < -0.3 is 4.74 Å². The van der Waals surface area contributed by atoms with Crippen LogP contribution in [0.4, 0.5) is 0 Å². The molecule has 1 aromatic rings. The van der Waals surface area contributed by atoms with Crippen LogP contribution in [0.5, 0.6) is 0 Å². The Morgan fingerprint density at radius 1 is 1.43 bits per heavy atom. The van der Waals surface area contributed by atoms with Gasteiger partial charge in [-0.2, -0.15) is 0 Å². The molecule has 0 bridgehead atoms. The van der Waals surface area contributed by atoms with Gasteiger partial charge in [0, 0.05) is 6.61 Å². The van der Waals surface area contributed by atoms with Crippen LogP contribution in [0.3, 0.4) is 0 Å².